The highest BCUT2D eigenvalue weighted by Crippen LogP contribution is 2.49. The maximum absolute atomic E-state index is 9.88. The van der Waals surface area contributed by atoms with Crippen LogP contribution in [0.3, 0.4) is 0 Å². The minimum absolute atomic E-state index is 0.111. The summed E-state index contributed by atoms with van der Waals surface area (Å²) in [5.74, 6) is 0.692. The molecule has 2 unspecified atom stereocenters. The topological polar surface area (TPSA) is 108 Å². The van der Waals surface area contributed by atoms with Gasteiger partial charge in [-0.3, -0.25) is 5.41 Å². The summed E-state index contributed by atoms with van der Waals surface area (Å²) < 4.78 is 22.8. The SMILES string of the molecule is N#Cc1ccccc1COc1ccccc1C1c2cc3c(cc2OC(=N)C1C#N)OCO3. The molecule has 3 aromatic carbocycles. The Labute approximate surface area is 184 Å². The summed E-state index contributed by atoms with van der Waals surface area (Å²) in [5.41, 5.74) is 2.79. The van der Waals surface area contributed by atoms with Gasteiger partial charge >= 0.3 is 0 Å². The molecule has 3 aromatic rings. The second-order valence-electron chi connectivity index (χ2n) is 7.39. The van der Waals surface area contributed by atoms with E-state index in [2.05, 4.69) is 12.1 Å². The fraction of sp³-hybridized carbons (Fsp3) is 0.160. The molecule has 32 heavy (non-hydrogen) atoms. The number of nitrogens with zero attached hydrogens (tertiary/aromatic N) is 2. The molecule has 0 aliphatic carbocycles. The van der Waals surface area contributed by atoms with Crippen LogP contribution in [0.1, 0.15) is 28.2 Å². The molecule has 7 nitrogen and oxygen atoms in total. The molecule has 7 heteroatoms. The largest absolute Gasteiger partial charge is 0.489 e. The highest BCUT2D eigenvalue weighted by atomic mass is 16.7. The number of para-hydroxylation sites is 1. The van der Waals surface area contributed by atoms with E-state index >= 15 is 0 Å². The summed E-state index contributed by atoms with van der Waals surface area (Å²) in [5, 5.41) is 27.6. The molecular formula is C25H17N3O4. The van der Waals surface area contributed by atoms with Crippen molar-refractivity contribution in [3.05, 3.63) is 82.9 Å². The fourth-order valence-corrected chi connectivity index (χ4v) is 4.04. The minimum Gasteiger partial charge on any atom is -0.489 e. The quantitative estimate of drug-likeness (QED) is 0.662. The van der Waals surface area contributed by atoms with Gasteiger partial charge in [0.1, 0.15) is 24.0 Å². The maximum Gasteiger partial charge on any atom is 0.231 e. The third kappa shape index (κ3) is 3.27. The van der Waals surface area contributed by atoms with Crippen LogP contribution in [0.25, 0.3) is 0 Å². The monoisotopic (exact) mass is 423 g/mol. The van der Waals surface area contributed by atoms with E-state index in [9.17, 15) is 10.5 Å². The molecule has 0 aromatic heterocycles. The van der Waals surface area contributed by atoms with Crippen LogP contribution >= 0.6 is 0 Å². The van der Waals surface area contributed by atoms with Crippen LogP contribution in [0.4, 0.5) is 0 Å². The number of benzene rings is 3. The van der Waals surface area contributed by atoms with Crippen LogP contribution in [0.2, 0.25) is 0 Å². The smallest absolute Gasteiger partial charge is 0.231 e. The van der Waals surface area contributed by atoms with E-state index in [4.69, 9.17) is 24.4 Å². The van der Waals surface area contributed by atoms with Crippen molar-refractivity contribution in [2.45, 2.75) is 12.5 Å². The molecule has 0 amide bonds. The van der Waals surface area contributed by atoms with Crippen molar-refractivity contribution < 1.29 is 18.9 Å². The number of ether oxygens (including phenoxy) is 4. The second-order valence-corrected chi connectivity index (χ2v) is 7.39. The zero-order valence-electron chi connectivity index (χ0n) is 16.9. The molecule has 0 bridgehead atoms. The molecule has 156 valence electrons. The summed E-state index contributed by atoms with van der Waals surface area (Å²) in [7, 11) is 0. The van der Waals surface area contributed by atoms with E-state index in [1.807, 2.05) is 42.5 Å². The molecule has 2 heterocycles. The van der Waals surface area contributed by atoms with Gasteiger partial charge < -0.3 is 18.9 Å². The van der Waals surface area contributed by atoms with E-state index in [0.717, 1.165) is 16.7 Å². The number of rotatable bonds is 4. The van der Waals surface area contributed by atoms with Crippen molar-refractivity contribution >= 4 is 5.90 Å². The van der Waals surface area contributed by atoms with Crippen molar-refractivity contribution in [1.29, 1.82) is 15.9 Å². The van der Waals surface area contributed by atoms with Gasteiger partial charge in [0.25, 0.3) is 0 Å². The van der Waals surface area contributed by atoms with E-state index in [-0.39, 0.29) is 19.3 Å². The summed E-state index contributed by atoms with van der Waals surface area (Å²) >= 11 is 0. The Morgan fingerprint density at radius 3 is 2.50 bits per heavy atom. The molecule has 0 spiro atoms. The Morgan fingerprint density at radius 2 is 1.69 bits per heavy atom. The minimum atomic E-state index is -0.834. The average Bonchev–Trinajstić information content (AvgIpc) is 3.28. The van der Waals surface area contributed by atoms with Gasteiger partial charge in [0.05, 0.1) is 17.7 Å². The van der Waals surface area contributed by atoms with Crippen LogP contribution in [0.15, 0.2) is 60.7 Å². The Hall–Kier alpha value is -4.49. The summed E-state index contributed by atoms with van der Waals surface area (Å²) in [4.78, 5) is 0. The first-order valence-corrected chi connectivity index (χ1v) is 9.98. The Kier molecular flexibility index (Phi) is 4.85. The van der Waals surface area contributed by atoms with Gasteiger partial charge in [-0.1, -0.05) is 36.4 Å². The fourth-order valence-electron chi connectivity index (χ4n) is 4.04. The first-order chi connectivity index (χ1) is 15.7. The van der Waals surface area contributed by atoms with E-state index in [1.54, 1.807) is 18.2 Å². The van der Waals surface area contributed by atoms with Crippen LogP contribution in [0, 0.1) is 34.0 Å². The van der Waals surface area contributed by atoms with Crippen LogP contribution in [-0.2, 0) is 6.61 Å². The molecular weight excluding hydrogens is 406 g/mol. The van der Waals surface area contributed by atoms with Gasteiger partial charge in [-0.05, 0) is 18.2 Å². The van der Waals surface area contributed by atoms with Crippen molar-refractivity contribution in [3.8, 4) is 35.1 Å². The average molecular weight is 423 g/mol. The van der Waals surface area contributed by atoms with Crippen molar-refractivity contribution in [1.82, 2.24) is 0 Å². The molecule has 0 radical (unpaired) electrons. The van der Waals surface area contributed by atoms with Gasteiger partial charge in [0, 0.05) is 28.7 Å². The van der Waals surface area contributed by atoms with Crippen molar-refractivity contribution in [2.24, 2.45) is 5.92 Å². The zero-order valence-corrected chi connectivity index (χ0v) is 16.9. The predicted octanol–water partition coefficient (Wildman–Crippen LogP) is 4.51. The number of hydrogen-bond donors (Lipinski definition) is 1. The molecule has 5 rings (SSSR count). The lowest BCUT2D eigenvalue weighted by molar-refractivity contribution is 0.174. The van der Waals surface area contributed by atoms with Crippen LogP contribution < -0.4 is 18.9 Å². The normalized spacial score (nSPS) is 18.1. The zero-order chi connectivity index (χ0) is 22.1. The van der Waals surface area contributed by atoms with Gasteiger partial charge in [-0.25, -0.2) is 0 Å². The highest BCUT2D eigenvalue weighted by molar-refractivity contribution is 5.86. The third-order valence-corrected chi connectivity index (χ3v) is 5.59. The van der Waals surface area contributed by atoms with Gasteiger partial charge in [-0.15, -0.1) is 0 Å². The molecule has 0 saturated heterocycles. The summed E-state index contributed by atoms with van der Waals surface area (Å²) in [6, 6.07) is 22.6. The first-order valence-electron chi connectivity index (χ1n) is 9.98. The van der Waals surface area contributed by atoms with E-state index < -0.39 is 11.8 Å². The molecule has 2 aliphatic heterocycles. The lowest BCUT2D eigenvalue weighted by Gasteiger charge is -2.31. The predicted molar refractivity (Wildman–Crippen MR) is 114 cm³/mol. The Morgan fingerprint density at radius 1 is 0.938 bits per heavy atom. The first kappa shape index (κ1) is 19.5. The lowest BCUT2D eigenvalue weighted by atomic mass is 9.78. The van der Waals surface area contributed by atoms with Gasteiger partial charge in [0.15, 0.2) is 11.5 Å². The molecule has 1 N–H and O–H groups in total. The highest BCUT2D eigenvalue weighted by Gasteiger charge is 2.39. The molecule has 2 aliphatic rings. The van der Waals surface area contributed by atoms with Crippen LogP contribution in [-0.4, -0.2) is 12.7 Å². The van der Waals surface area contributed by atoms with Crippen molar-refractivity contribution in [2.75, 3.05) is 6.79 Å². The summed E-state index contributed by atoms with van der Waals surface area (Å²) in [6.45, 7) is 0.312. The summed E-state index contributed by atoms with van der Waals surface area (Å²) in [6.07, 6.45) is 0. The van der Waals surface area contributed by atoms with Crippen LogP contribution in [0.5, 0.6) is 23.0 Å². The molecule has 0 saturated carbocycles. The van der Waals surface area contributed by atoms with E-state index in [0.29, 0.717) is 28.6 Å². The molecule has 2 atom stereocenters. The van der Waals surface area contributed by atoms with E-state index in [1.165, 1.54) is 0 Å². The lowest BCUT2D eigenvalue weighted by Crippen LogP contribution is -2.31. The van der Waals surface area contributed by atoms with Gasteiger partial charge in [0.2, 0.25) is 12.7 Å². The number of nitriles is 2. The Balaban J connectivity index is 1.57. The number of fused-ring (bicyclic) bond motifs is 2. The number of hydrogen-bond acceptors (Lipinski definition) is 7. The molecule has 0 fully saturated rings. The Bertz CT molecular complexity index is 1310. The number of nitrogens with one attached hydrogen (secondary N) is 1. The standard InChI is InChI=1S/C25H17N3O4/c26-11-15-5-1-2-6-16(15)13-29-20-8-4-3-7-17(20)24-18-9-22-23(31-14-30-22)10-21(18)32-25(28)19(24)12-27/h1-10,19,24,28H,13-14H2. The van der Waals surface area contributed by atoms with Gasteiger partial charge in [-0.2, -0.15) is 10.5 Å². The third-order valence-electron chi connectivity index (χ3n) is 5.59. The second kappa shape index (κ2) is 7.98. The maximum atomic E-state index is 9.88. The van der Waals surface area contributed by atoms with Crippen molar-refractivity contribution in [3.63, 3.8) is 0 Å².